The lowest BCUT2D eigenvalue weighted by Crippen LogP contribution is -2.39. The number of primary amides is 1. The number of carbonyl (C=O) groups is 1. The molecule has 3 N–H and O–H groups in total. The largest absolute Gasteiger partial charge is 0.416 e. The van der Waals surface area contributed by atoms with Crippen LogP contribution in [-0.4, -0.2) is 37.8 Å². The Kier molecular flexibility index (Phi) is 7.07. The minimum atomic E-state index is -4.63. The number of alkyl halides is 3. The summed E-state index contributed by atoms with van der Waals surface area (Å²) in [6.45, 7) is 1.88. The Morgan fingerprint density at radius 3 is 2.64 bits per heavy atom. The van der Waals surface area contributed by atoms with Crippen molar-refractivity contribution in [2.75, 3.05) is 13.1 Å². The van der Waals surface area contributed by atoms with Gasteiger partial charge in [0.15, 0.2) is 6.10 Å². The molecule has 1 amide bonds. The Morgan fingerprint density at radius 1 is 1.39 bits per heavy atom. The van der Waals surface area contributed by atoms with Gasteiger partial charge in [-0.05, 0) is 30.7 Å². The van der Waals surface area contributed by atoms with Gasteiger partial charge in [-0.3, -0.25) is 15.1 Å². The highest BCUT2D eigenvalue weighted by atomic mass is 32.2. The van der Waals surface area contributed by atoms with E-state index in [1.54, 1.807) is 6.08 Å². The maximum Gasteiger partial charge on any atom is 0.416 e. The second-order valence-electron chi connectivity index (χ2n) is 6.27. The van der Waals surface area contributed by atoms with Crippen molar-refractivity contribution in [2.45, 2.75) is 43.4 Å². The zero-order valence-corrected chi connectivity index (χ0v) is 16.0. The van der Waals surface area contributed by atoms with Crippen LogP contribution in [0.2, 0.25) is 0 Å². The monoisotopic (exact) mass is 421 g/mol. The summed E-state index contributed by atoms with van der Waals surface area (Å²) in [5.41, 5.74) is 7.40. The van der Waals surface area contributed by atoms with Crippen LogP contribution in [0.25, 0.3) is 0 Å². The average Bonchev–Trinajstić information content (AvgIpc) is 2.64. The molecule has 1 heterocycles. The summed E-state index contributed by atoms with van der Waals surface area (Å²) in [6, 6.07) is 3.64. The first-order chi connectivity index (χ1) is 13.1. The summed E-state index contributed by atoms with van der Waals surface area (Å²) in [5.74, 6) is -0.612. The van der Waals surface area contributed by atoms with Crippen LogP contribution >= 0.6 is 0 Å². The van der Waals surface area contributed by atoms with Gasteiger partial charge in [-0.25, -0.2) is 8.42 Å². The van der Waals surface area contributed by atoms with E-state index in [-0.39, 0.29) is 19.5 Å². The molecule has 0 radical (unpaired) electrons. The summed E-state index contributed by atoms with van der Waals surface area (Å²) in [5, 5.41) is 0. The van der Waals surface area contributed by atoms with Gasteiger partial charge in [0.2, 0.25) is 15.9 Å². The van der Waals surface area contributed by atoms with Gasteiger partial charge in [0, 0.05) is 25.2 Å². The van der Waals surface area contributed by atoms with E-state index in [9.17, 15) is 26.4 Å². The van der Waals surface area contributed by atoms with Crippen molar-refractivity contribution >= 4 is 15.9 Å². The van der Waals surface area contributed by atoms with Crippen molar-refractivity contribution in [3.05, 3.63) is 41.6 Å². The van der Waals surface area contributed by atoms with Crippen molar-refractivity contribution in [2.24, 2.45) is 5.73 Å². The summed E-state index contributed by atoms with van der Waals surface area (Å²) >= 11 is 0. The van der Waals surface area contributed by atoms with E-state index in [4.69, 9.17) is 10.6 Å². The zero-order chi connectivity index (χ0) is 20.9. The van der Waals surface area contributed by atoms with Crippen molar-refractivity contribution in [3.8, 4) is 0 Å². The number of hydrogen-bond acceptors (Lipinski definition) is 5. The second kappa shape index (κ2) is 8.93. The molecule has 0 spiro atoms. The zero-order valence-electron chi connectivity index (χ0n) is 15.2. The van der Waals surface area contributed by atoms with Gasteiger partial charge < -0.3 is 5.73 Å². The minimum Gasteiger partial charge on any atom is -0.367 e. The molecule has 11 heteroatoms. The standard InChI is InChI=1S/C17H22F3N3O4S/c1-2-4-15(16(21)24)27-22-13-7-9-23(10-8-13)28(25,26)14-6-3-5-12(11-14)17(18,19)20/h3,5-7,11,15,22H,2,4,8-10H2,1H3,(H2,21,24). The van der Waals surface area contributed by atoms with E-state index in [0.29, 0.717) is 24.6 Å². The van der Waals surface area contributed by atoms with Crippen LogP contribution in [0, 0.1) is 0 Å². The maximum absolute atomic E-state index is 12.8. The number of benzene rings is 1. The normalized spacial score (nSPS) is 17.1. The summed E-state index contributed by atoms with van der Waals surface area (Å²) in [4.78, 5) is 16.1. The smallest absolute Gasteiger partial charge is 0.367 e. The summed E-state index contributed by atoms with van der Waals surface area (Å²) in [7, 11) is -4.08. The molecule has 156 valence electrons. The molecule has 2 rings (SSSR count). The van der Waals surface area contributed by atoms with Crippen LogP contribution in [-0.2, 0) is 25.8 Å². The number of sulfonamides is 1. The van der Waals surface area contributed by atoms with Crippen molar-refractivity contribution in [3.63, 3.8) is 0 Å². The molecule has 0 saturated carbocycles. The molecule has 1 atom stereocenters. The predicted molar refractivity (Wildman–Crippen MR) is 95.0 cm³/mol. The molecule has 0 aromatic heterocycles. The van der Waals surface area contributed by atoms with Crippen molar-refractivity contribution in [1.82, 2.24) is 9.79 Å². The first-order valence-electron chi connectivity index (χ1n) is 8.63. The van der Waals surface area contributed by atoms with Gasteiger partial charge >= 0.3 is 6.18 Å². The number of rotatable bonds is 8. The number of nitrogens with two attached hydrogens (primary N) is 1. The third kappa shape index (κ3) is 5.46. The van der Waals surface area contributed by atoms with Gasteiger partial charge in [-0.2, -0.15) is 17.5 Å². The van der Waals surface area contributed by atoms with E-state index in [1.165, 1.54) is 0 Å². The van der Waals surface area contributed by atoms with Gasteiger partial charge in [0.1, 0.15) is 0 Å². The predicted octanol–water partition coefficient (Wildman–Crippen LogP) is 2.16. The maximum atomic E-state index is 12.8. The lowest BCUT2D eigenvalue weighted by atomic mass is 10.2. The Morgan fingerprint density at radius 2 is 2.11 bits per heavy atom. The first-order valence-corrected chi connectivity index (χ1v) is 10.1. The van der Waals surface area contributed by atoms with Crippen LogP contribution in [0.4, 0.5) is 13.2 Å². The number of hydroxylamine groups is 1. The Hall–Kier alpha value is -2.11. The molecule has 1 aromatic rings. The third-order valence-corrected chi connectivity index (χ3v) is 6.03. The van der Waals surface area contributed by atoms with Crippen LogP contribution in [0.3, 0.4) is 0 Å². The fourth-order valence-corrected chi connectivity index (χ4v) is 4.04. The first kappa shape index (κ1) is 22.2. The van der Waals surface area contributed by atoms with Crippen LogP contribution in [0.5, 0.6) is 0 Å². The molecule has 0 aliphatic carbocycles. The molecule has 1 aliphatic heterocycles. The van der Waals surface area contributed by atoms with Gasteiger partial charge in [-0.1, -0.05) is 19.4 Å². The highest BCUT2D eigenvalue weighted by molar-refractivity contribution is 7.89. The number of halogens is 3. The van der Waals surface area contributed by atoms with E-state index in [1.807, 2.05) is 6.92 Å². The Balaban J connectivity index is 2.06. The Labute approximate surface area is 161 Å². The number of nitrogens with one attached hydrogen (secondary N) is 1. The molecule has 7 nitrogen and oxygen atoms in total. The lowest BCUT2D eigenvalue weighted by Gasteiger charge is -2.27. The fraction of sp³-hybridized carbons (Fsp3) is 0.471. The molecule has 1 aliphatic rings. The SMILES string of the molecule is CCCC(ONC1=CCN(S(=O)(=O)c2cccc(C(F)(F)F)c2)CC1)C(N)=O. The summed E-state index contributed by atoms with van der Waals surface area (Å²) < 4.78 is 64.8. The molecule has 0 bridgehead atoms. The van der Waals surface area contributed by atoms with Crippen LogP contribution in [0.1, 0.15) is 31.7 Å². The fourth-order valence-electron chi connectivity index (χ4n) is 2.61. The highest BCUT2D eigenvalue weighted by Crippen LogP contribution is 2.31. The van der Waals surface area contributed by atoms with E-state index in [2.05, 4.69) is 5.48 Å². The van der Waals surface area contributed by atoms with Crippen molar-refractivity contribution in [1.29, 1.82) is 0 Å². The molecule has 0 fully saturated rings. The van der Waals surface area contributed by atoms with Crippen molar-refractivity contribution < 1.29 is 31.2 Å². The average molecular weight is 421 g/mol. The number of carbonyl (C=O) groups excluding carboxylic acids is 1. The molecular formula is C17H22F3N3O4S. The lowest BCUT2D eigenvalue weighted by molar-refractivity contribution is -0.137. The topological polar surface area (TPSA) is 102 Å². The van der Waals surface area contributed by atoms with Crippen LogP contribution in [0.15, 0.2) is 40.9 Å². The third-order valence-electron chi connectivity index (χ3n) is 4.17. The van der Waals surface area contributed by atoms with E-state index >= 15 is 0 Å². The van der Waals surface area contributed by atoms with E-state index in [0.717, 1.165) is 22.5 Å². The quantitative estimate of drug-likeness (QED) is 0.627. The Bertz CT molecular complexity index is 840. The number of hydrogen-bond donors (Lipinski definition) is 2. The molecule has 1 unspecified atom stereocenters. The number of amides is 1. The van der Waals surface area contributed by atoms with E-state index < -0.39 is 38.7 Å². The second-order valence-corrected chi connectivity index (χ2v) is 8.21. The number of nitrogens with zero attached hydrogens (tertiary/aromatic N) is 1. The molecule has 1 aromatic carbocycles. The van der Waals surface area contributed by atoms with Gasteiger partial charge in [-0.15, -0.1) is 0 Å². The summed E-state index contributed by atoms with van der Waals surface area (Å²) in [6.07, 6.45) is -2.52. The highest BCUT2D eigenvalue weighted by Gasteiger charge is 2.33. The molecule has 28 heavy (non-hydrogen) atoms. The minimum absolute atomic E-state index is 0.0424. The van der Waals surface area contributed by atoms with Crippen LogP contribution < -0.4 is 11.2 Å². The van der Waals surface area contributed by atoms with Gasteiger partial charge in [0.05, 0.1) is 10.5 Å². The molecular weight excluding hydrogens is 399 g/mol. The van der Waals surface area contributed by atoms with Gasteiger partial charge in [0.25, 0.3) is 0 Å². The molecule has 0 saturated heterocycles.